The predicted molar refractivity (Wildman–Crippen MR) is 82.6 cm³/mol. The van der Waals surface area contributed by atoms with E-state index in [1.165, 1.54) is 11.1 Å². The van der Waals surface area contributed by atoms with Crippen molar-refractivity contribution in [1.29, 1.82) is 0 Å². The van der Waals surface area contributed by atoms with Gasteiger partial charge in [0.2, 0.25) is 5.91 Å². The van der Waals surface area contributed by atoms with Crippen LogP contribution in [0.3, 0.4) is 0 Å². The van der Waals surface area contributed by atoms with Crippen molar-refractivity contribution in [2.24, 2.45) is 0 Å². The molecule has 1 N–H and O–H groups in total. The number of nitrogens with one attached hydrogen (secondary N) is 1. The summed E-state index contributed by atoms with van der Waals surface area (Å²) in [5.74, 6) is 0.281. The highest BCUT2D eigenvalue weighted by molar-refractivity contribution is 5.77. The standard InChI is InChI=1S/C17H26N2O/c1-13(2)18-11-10-17(20)19-12-6-9-16(19)15-8-5-4-7-14(15)3/h4-5,7-8,13,16,18H,6,9-12H2,1-3H3. The van der Waals surface area contributed by atoms with E-state index >= 15 is 0 Å². The quantitative estimate of drug-likeness (QED) is 0.895. The Labute approximate surface area is 122 Å². The SMILES string of the molecule is Cc1ccccc1C1CCCN1C(=O)CCNC(C)C. The third kappa shape index (κ3) is 3.60. The minimum absolute atomic E-state index is 0.280. The Bertz CT molecular complexity index is 456. The summed E-state index contributed by atoms with van der Waals surface area (Å²) in [5.41, 5.74) is 2.60. The van der Waals surface area contributed by atoms with Gasteiger partial charge in [0.05, 0.1) is 6.04 Å². The fourth-order valence-electron chi connectivity index (χ4n) is 2.96. The molecule has 1 aromatic rings. The number of rotatable bonds is 5. The number of benzene rings is 1. The number of aryl methyl sites for hydroxylation is 1. The summed E-state index contributed by atoms with van der Waals surface area (Å²) in [5, 5.41) is 3.32. The van der Waals surface area contributed by atoms with Gasteiger partial charge in [0.25, 0.3) is 0 Å². The highest BCUT2D eigenvalue weighted by Crippen LogP contribution is 2.33. The molecular weight excluding hydrogens is 248 g/mol. The topological polar surface area (TPSA) is 32.3 Å². The molecule has 0 saturated carbocycles. The zero-order valence-electron chi connectivity index (χ0n) is 12.9. The van der Waals surface area contributed by atoms with Gasteiger partial charge in [-0.3, -0.25) is 4.79 Å². The summed E-state index contributed by atoms with van der Waals surface area (Å²) < 4.78 is 0. The second-order valence-corrected chi connectivity index (χ2v) is 5.96. The van der Waals surface area contributed by atoms with Gasteiger partial charge in [-0.1, -0.05) is 38.1 Å². The summed E-state index contributed by atoms with van der Waals surface area (Å²) in [6.07, 6.45) is 2.80. The Morgan fingerprint density at radius 3 is 2.85 bits per heavy atom. The number of carbonyl (C=O) groups is 1. The van der Waals surface area contributed by atoms with Crippen LogP contribution in [0.1, 0.15) is 50.3 Å². The smallest absolute Gasteiger partial charge is 0.224 e. The van der Waals surface area contributed by atoms with Crippen molar-refractivity contribution in [1.82, 2.24) is 10.2 Å². The lowest BCUT2D eigenvalue weighted by molar-refractivity contribution is -0.132. The number of nitrogens with zero attached hydrogens (tertiary/aromatic N) is 1. The van der Waals surface area contributed by atoms with Crippen LogP contribution in [-0.2, 0) is 4.79 Å². The molecule has 1 amide bonds. The van der Waals surface area contributed by atoms with E-state index in [0.717, 1.165) is 25.9 Å². The molecule has 0 aliphatic carbocycles. The predicted octanol–water partition coefficient (Wildman–Crippen LogP) is 3.05. The van der Waals surface area contributed by atoms with Crippen LogP contribution in [0, 0.1) is 6.92 Å². The lowest BCUT2D eigenvalue weighted by atomic mass is 9.99. The maximum Gasteiger partial charge on any atom is 0.224 e. The number of likely N-dealkylation sites (tertiary alicyclic amines) is 1. The first-order valence-corrected chi connectivity index (χ1v) is 7.68. The minimum atomic E-state index is 0.280. The van der Waals surface area contributed by atoms with Crippen LogP contribution in [-0.4, -0.2) is 29.9 Å². The van der Waals surface area contributed by atoms with Gasteiger partial charge in [0.1, 0.15) is 0 Å². The van der Waals surface area contributed by atoms with Crippen LogP contribution in [0.5, 0.6) is 0 Å². The molecular formula is C17H26N2O. The molecule has 3 heteroatoms. The molecule has 1 atom stereocenters. The molecule has 1 aliphatic rings. The molecule has 0 aromatic heterocycles. The molecule has 1 heterocycles. The molecule has 0 bridgehead atoms. The van der Waals surface area contributed by atoms with Crippen molar-refractivity contribution in [3.05, 3.63) is 35.4 Å². The van der Waals surface area contributed by atoms with E-state index in [9.17, 15) is 4.79 Å². The number of amides is 1. The zero-order chi connectivity index (χ0) is 14.5. The van der Waals surface area contributed by atoms with E-state index in [4.69, 9.17) is 0 Å². The summed E-state index contributed by atoms with van der Waals surface area (Å²) in [4.78, 5) is 14.5. The summed E-state index contributed by atoms with van der Waals surface area (Å²) in [7, 11) is 0. The zero-order valence-corrected chi connectivity index (χ0v) is 12.9. The molecule has 1 saturated heterocycles. The van der Waals surface area contributed by atoms with E-state index in [-0.39, 0.29) is 11.9 Å². The van der Waals surface area contributed by atoms with E-state index < -0.39 is 0 Å². The van der Waals surface area contributed by atoms with Gasteiger partial charge >= 0.3 is 0 Å². The van der Waals surface area contributed by atoms with Crippen LogP contribution in [0.15, 0.2) is 24.3 Å². The Morgan fingerprint density at radius 1 is 1.40 bits per heavy atom. The molecule has 3 nitrogen and oxygen atoms in total. The van der Waals surface area contributed by atoms with Crippen molar-refractivity contribution in [3.8, 4) is 0 Å². The number of hydrogen-bond acceptors (Lipinski definition) is 2. The number of carbonyl (C=O) groups excluding carboxylic acids is 1. The number of hydrogen-bond donors (Lipinski definition) is 1. The lowest BCUT2D eigenvalue weighted by Crippen LogP contribution is -2.34. The summed E-state index contributed by atoms with van der Waals surface area (Å²) in [6, 6.07) is 9.15. The van der Waals surface area contributed by atoms with Gasteiger partial charge < -0.3 is 10.2 Å². The largest absolute Gasteiger partial charge is 0.336 e. The highest BCUT2D eigenvalue weighted by atomic mass is 16.2. The Morgan fingerprint density at radius 2 is 2.15 bits per heavy atom. The monoisotopic (exact) mass is 274 g/mol. The Kier molecular flexibility index (Phi) is 5.18. The molecule has 1 aliphatic heterocycles. The fourth-order valence-corrected chi connectivity index (χ4v) is 2.96. The fraction of sp³-hybridized carbons (Fsp3) is 0.588. The van der Waals surface area contributed by atoms with E-state index in [0.29, 0.717) is 12.5 Å². The maximum atomic E-state index is 12.4. The van der Waals surface area contributed by atoms with Crippen molar-refractivity contribution in [2.45, 2.75) is 52.1 Å². The summed E-state index contributed by atoms with van der Waals surface area (Å²) in [6.45, 7) is 8.02. The normalized spacial score (nSPS) is 18.8. The molecule has 20 heavy (non-hydrogen) atoms. The van der Waals surface area contributed by atoms with Crippen molar-refractivity contribution >= 4 is 5.91 Å². The first-order chi connectivity index (χ1) is 9.59. The van der Waals surface area contributed by atoms with Gasteiger partial charge in [-0.2, -0.15) is 0 Å². The second-order valence-electron chi connectivity index (χ2n) is 5.96. The molecule has 2 rings (SSSR count). The van der Waals surface area contributed by atoms with Crippen LogP contribution < -0.4 is 5.32 Å². The van der Waals surface area contributed by atoms with E-state index in [1.54, 1.807) is 0 Å². The average molecular weight is 274 g/mol. The van der Waals surface area contributed by atoms with Crippen molar-refractivity contribution in [3.63, 3.8) is 0 Å². The van der Waals surface area contributed by atoms with Gasteiger partial charge in [0, 0.05) is 25.6 Å². The van der Waals surface area contributed by atoms with Gasteiger partial charge in [-0.25, -0.2) is 0 Å². The molecule has 110 valence electrons. The Balaban J connectivity index is 2.00. The van der Waals surface area contributed by atoms with Crippen LogP contribution in [0.4, 0.5) is 0 Å². The van der Waals surface area contributed by atoms with Gasteiger partial charge in [0.15, 0.2) is 0 Å². The van der Waals surface area contributed by atoms with Crippen LogP contribution >= 0.6 is 0 Å². The summed E-state index contributed by atoms with van der Waals surface area (Å²) >= 11 is 0. The first-order valence-electron chi connectivity index (χ1n) is 7.68. The van der Waals surface area contributed by atoms with Crippen LogP contribution in [0.2, 0.25) is 0 Å². The molecule has 1 unspecified atom stereocenters. The third-order valence-electron chi connectivity index (χ3n) is 4.01. The molecule has 1 aromatic carbocycles. The highest BCUT2D eigenvalue weighted by Gasteiger charge is 2.30. The molecule has 0 radical (unpaired) electrons. The average Bonchev–Trinajstić information content (AvgIpc) is 2.87. The van der Waals surface area contributed by atoms with E-state index in [2.05, 4.69) is 55.3 Å². The van der Waals surface area contributed by atoms with E-state index in [1.807, 2.05) is 0 Å². The van der Waals surface area contributed by atoms with Gasteiger partial charge in [-0.15, -0.1) is 0 Å². The minimum Gasteiger partial charge on any atom is -0.336 e. The van der Waals surface area contributed by atoms with Gasteiger partial charge in [-0.05, 0) is 30.9 Å². The molecule has 0 spiro atoms. The first kappa shape index (κ1) is 15.0. The Hall–Kier alpha value is -1.35. The maximum absolute atomic E-state index is 12.4. The van der Waals surface area contributed by atoms with Crippen molar-refractivity contribution < 1.29 is 4.79 Å². The van der Waals surface area contributed by atoms with Crippen LogP contribution in [0.25, 0.3) is 0 Å². The lowest BCUT2D eigenvalue weighted by Gasteiger charge is -2.26. The molecule has 1 fully saturated rings. The second kappa shape index (κ2) is 6.89. The third-order valence-corrected chi connectivity index (χ3v) is 4.01. The van der Waals surface area contributed by atoms with Crippen molar-refractivity contribution in [2.75, 3.05) is 13.1 Å².